The average Bonchev–Trinajstić information content (AvgIpc) is 3.17. The predicted octanol–water partition coefficient (Wildman–Crippen LogP) is 1.30. The number of amides is 1. The fourth-order valence-corrected chi connectivity index (χ4v) is 2.08. The first-order valence-electron chi connectivity index (χ1n) is 7.11. The van der Waals surface area contributed by atoms with E-state index in [0.29, 0.717) is 23.8 Å². The van der Waals surface area contributed by atoms with Crippen molar-refractivity contribution in [2.75, 3.05) is 7.05 Å². The van der Waals surface area contributed by atoms with Gasteiger partial charge < -0.3 is 9.42 Å². The summed E-state index contributed by atoms with van der Waals surface area (Å²) in [6.45, 7) is 2.20. The van der Waals surface area contributed by atoms with E-state index in [9.17, 15) is 4.79 Å². The SMILES string of the molecule is Cc1cc(CN(C)C(=O)Cn2nnc(-c3ccccc3)n2)no1. The van der Waals surface area contributed by atoms with Gasteiger partial charge in [-0.3, -0.25) is 4.79 Å². The van der Waals surface area contributed by atoms with Crippen LogP contribution in [0.1, 0.15) is 11.5 Å². The highest BCUT2D eigenvalue weighted by molar-refractivity contribution is 5.75. The van der Waals surface area contributed by atoms with Crippen LogP contribution >= 0.6 is 0 Å². The molecule has 0 unspecified atom stereocenters. The Morgan fingerprint density at radius 3 is 2.78 bits per heavy atom. The summed E-state index contributed by atoms with van der Waals surface area (Å²) in [5.41, 5.74) is 1.56. The molecule has 8 heteroatoms. The summed E-state index contributed by atoms with van der Waals surface area (Å²) in [5.74, 6) is 1.07. The van der Waals surface area contributed by atoms with E-state index < -0.39 is 0 Å². The molecule has 0 radical (unpaired) electrons. The van der Waals surface area contributed by atoms with Crippen molar-refractivity contribution in [1.29, 1.82) is 0 Å². The first-order valence-corrected chi connectivity index (χ1v) is 7.11. The van der Waals surface area contributed by atoms with E-state index in [0.717, 1.165) is 5.56 Å². The van der Waals surface area contributed by atoms with E-state index in [1.165, 1.54) is 4.80 Å². The molecule has 0 saturated heterocycles. The normalized spacial score (nSPS) is 10.7. The molecule has 2 heterocycles. The molecule has 0 N–H and O–H groups in total. The quantitative estimate of drug-likeness (QED) is 0.705. The summed E-state index contributed by atoms with van der Waals surface area (Å²) < 4.78 is 4.99. The van der Waals surface area contributed by atoms with E-state index >= 15 is 0 Å². The molecule has 3 rings (SSSR count). The number of tetrazole rings is 1. The van der Waals surface area contributed by atoms with Crippen LogP contribution in [0.2, 0.25) is 0 Å². The van der Waals surface area contributed by atoms with Crippen molar-refractivity contribution in [3.8, 4) is 11.4 Å². The van der Waals surface area contributed by atoms with Crippen molar-refractivity contribution in [2.45, 2.75) is 20.0 Å². The van der Waals surface area contributed by atoms with Crippen LogP contribution in [-0.2, 0) is 17.9 Å². The zero-order valence-electron chi connectivity index (χ0n) is 12.9. The molecule has 8 nitrogen and oxygen atoms in total. The third-order valence-corrected chi connectivity index (χ3v) is 3.26. The van der Waals surface area contributed by atoms with Gasteiger partial charge in [-0.2, -0.15) is 4.80 Å². The molecule has 0 bridgehead atoms. The molecular formula is C15H16N6O2. The topological polar surface area (TPSA) is 89.9 Å². The predicted molar refractivity (Wildman–Crippen MR) is 81.0 cm³/mol. The maximum absolute atomic E-state index is 12.2. The van der Waals surface area contributed by atoms with Crippen LogP contribution < -0.4 is 0 Å². The lowest BCUT2D eigenvalue weighted by Crippen LogP contribution is -2.30. The van der Waals surface area contributed by atoms with Crippen molar-refractivity contribution in [3.63, 3.8) is 0 Å². The zero-order valence-corrected chi connectivity index (χ0v) is 12.9. The number of carbonyl (C=O) groups excluding carboxylic acids is 1. The zero-order chi connectivity index (χ0) is 16.2. The number of likely N-dealkylation sites (N-methyl/N-ethyl adjacent to an activating group) is 1. The van der Waals surface area contributed by atoms with Crippen molar-refractivity contribution < 1.29 is 9.32 Å². The van der Waals surface area contributed by atoms with Gasteiger partial charge in [0.1, 0.15) is 18.0 Å². The summed E-state index contributed by atoms with van der Waals surface area (Å²) in [6, 6.07) is 11.3. The molecule has 1 amide bonds. The summed E-state index contributed by atoms with van der Waals surface area (Å²) in [4.78, 5) is 15.0. The van der Waals surface area contributed by atoms with Gasteiger partial charge >= 0.3 is 0 Å². The van der Waals surface area contributed by atoms with Gasteiger partial charge in [0.05, 0.1) is 6.54 Å². The van der Waals surface area contributed by atoms with Crippen LogP contribution in [-0.4, -0.2) is 43.2 Å². The van der Waals surface area contributed by atoms with Crippen molar-refractivity contribution in [2.24, 2.45) is 0 Å². The van der Waals surface area contributed by atoms with Crippen LogP contribution in [0.3, 0.4) is 0 Å². The molecule has 23 heavy (non-hydrogen) atoms. The van der Waals surface area contributed by atoms with Gasteiger partial charge in [-0.25, -0.2) is 0 Å². The minimum absolute atomic E-state index is 0.0210. The monoisotopic (exact) mass is 312 g/mol. The molecule has 0 aliphatic heterocycles. The Bertz CT molecular complexity index is 795. The highest BCUT2D eigenvalue weighted by atomic mass is 16.5. The molecule has 0 aliphatic carbocycles. The number of aromatic nitrogens is 5. The molecular weight excluding hydrogens is 296 g/mol. The Morgan fingerprint density at radius 2 is 2.09 bits per heavy atom. The fraction of sp³-hybridized carbons (Fsp3) is 0.267. The van der Waals surface area contributed by atoms with Crippen molar-refractivity contribution in [3.05, 3.63) is 47.9 Å². The summed E-state index contributed by atoms with van der Waals surface area (Å²) in [6.07, 6.45) is 0. The lowest BCUT2D eigenvalue weighted by Gasteiger charge is -2.14. The number of carbonyl (C=O) groups is 1. The molecule has 2 aromatic heterocycles. The Kier molecular flexibility index (Phi) is 4.13. The maximum atomic E-state index is 12.2. The molecule has 0 aliphatic rings. The van der Waals surface area contributed by atoms with Crippen LogP contribution in [0.5, 0.6) is 0 Å². The first-order chi connectivity index (χ1) is 11.1. The van der Waals surface area contributed by atoms with E-state index in [2.05, 4.69) is 20.6 Å². The van der Waals surface area contributed by atoms with Crippen molar-refractivity contribution >= 4 is 5.91 Å². The summed E-state index contributed by atoms with van der Waals surface area (Å²) >= 11 is 0. The Hall–Kier alpha value is -3.03. The summed E-state index contributed by atoms with van der Waals surface area (Å²) in [5, 5.41) is 16.0. The fourth-order valence-electron chi connectivity index (χ4n) is 2.08. The highest BCUT2D eigenvalue weighted by Gasteiger charge is 2.14. The first kappa shape index (κ1) is 14.9. The van der Waals surface area contributed by atoms with Gasteiger partial charge in [0, 0.05) is 18.7 Å². The van der Waals surface area contributed by atoms with E-state index in [4.69, 9.17) is 4.52 Å². The van der Waals surface area contributed by atoms with Gasteiger partial charge in [-0.1, -0.05) is 35.5 Å². The van der Waals surface area contributed by atoms with Gasteiger partial charge in [0.2, 0.25) is 11.7 Å². The third-order valence-electron chi connectivity index (χ3n) is 3.26. The number of aryl methyl sites for hydroxylation is 1. The van der Waals surface area contributed by atoms with E-state index in [-0.39, 0.29) is 12.5 Å². The van der Waals surface area contributed by atoms with E-state index in [1.807, 2.05) is 37.3 Å². The second-order valence-corrected chi connectivity index (χ2v) is 5.19. The molecule has 0 fully saturated rings. The molecule has 1 aromatic carbocycles. The number of nitrogens with zero attached hydrogens (tertiary/aromatic N) is 6. The Labute approximate surface area is 132 Å². The minimum Gasteiger partial charge on any atom is -0.361 e. The maximum Gasteiger partial charge on any atom is 0.246 e. The van der Waals surface area contributed by atoms with Gasteiger partial charge in [-0.05, 0) is 12.1 Å². The number of hydrogen-bond acceptors (Lipinski definition) is 6. The lowest BCUT2D eigenvalue weighted by molar-refractivity contribution is -0.131. The third kappa shape index (κ3) is 3.60. The van der Waals surface area contributed by atoms with Gasteiger partial charge in [-0.15, -0.1) is 10.2 Å². The molecule has 0 saturated carbocycles. The average molecular weight is 312 g/mol. The second kappa shape index (κ2) is 6.39. The Morgan fingerprint density at radius 1 is 1.30 bits per heavy atom. The minimum atomic E-state index is -0.136. The smallest absolute Gasteiger partial charge is 0.246 e. The van der Waals surface area contributed by atoms with E-state index in [1.54, 1.807) is 18.0 Å². The van der Waals surface area contributed by atoms with Crippen LogP contribution in [0, 0.1) is 6.92 Å². The van der Waals surface area contributed by atoms with Crippen molar-refractivity contribution in [1.82, 2.24) is 30.3 Å². The van der Waals surface area contributed by atoms with Crippen LogP contribution in [0.4, 0.5) is 0 Å². The summed E-state index contributed by atoms with van der Waals surface area (Å²) in [7, 11) is 1.70. The van der Waals surface area contributed by atoms with Crippen LogP contribution in [0.15, 0.2) is 40.9 Å². The highest BCUT2D eigenvalue weighted by Crippen LogP contribution is 2.12. The number of hydrogen-bond donors (Lipinski definition) is 0. The Balaban J connectivity index is 1.63. The van der Waals surface area contributed by atoms with Gasteiger partial charge in [0.25, 0.3) is 0 Å². The molecule has 0 atom stereocenters. The molecule has 118 valence electrons. The van der Waals surface area contributed by atoms with Gasteiger partial charge in [0.15, 0.2) is 0 Å². The lowest BCUT2D eigenvalue weighted by atomic mass is 10.2. The number of rotatable bonds is 5. The second-order valence-electron chi connectivity index (χ2n) is 5.19. The molecule has 3 aromatic rings. The molecule has 0 spiro atoms. The standard InChI is InChI=1S/C15H16N6O2/c1-11-8-13(18-23-11)9-20(2)14(22)10-21-17-15(16-19-21)12-6-4-3-5-7-12/h3-8H,9-10H2,1-2H3. The largest absolute Gasteiger partial charge is 0.361 e. The number of benzene rings is 1. The van der Waals surface area contributed by atoms with Crippen LogP contribution in [0.25, 0.3) is 11.4 Å².